The zero-order valence-electron chi connectivity index (χ0n) is 22.6. The summed E-state index contributed by atoms with van der Waals surface area (Å²) in [5.74, 6) is -2.80. The van der Waals surface area contributed by atoms with Crippen molar-refractivity contribution in [2.75, 3.05) is 38.7 Å². The van der Waals surface area contributed by atoms with Gasteiger partial charge in [0.15, 0.2) is 17.3 Å². The molecule has 0 N–H and O–H groups in total. The fourth-order valence-corrected chi connectivity index (χ4v) is 6.98. The van der Waals surface area contributed by atoms with E-state index < -0.39 is 48.1 Å². The summed E-state index contributed by atoms with van der Waals surface area (Å²) in [5, 5.41) is 3.67. The maximum Gasteiger partial charge on any atom is 0.510 e. The van der Waals surface area contributed by atoms with Crippen molar-refractivity contribution in [1.29, 1.82) is 0 Å². The van der Waals surface area contributed by atoms with Crippen molar-refractivity contribution in [1.82, 2.24) is 9.58 Å². The predicted molar refractivity (Wildman–Crippen MR) is 150 cm³/mol. The lowest BCUT2D eigenvalue weighted by Crippen LogP contribution is -2.66. The maximum absolute atomic E-state index is 15.8. The van der Waals surface area contributed by atoms with E-state index >= 15 is 4.39 Å². The van der Waals surface area contributed by atoms with E-state index in [1.807, 2.05) is 34.7 Å². The molecule has 1 saturated heterocycles. The van der Waals surface area contributed by atoms with E-state index in [9.17, 15) is 18.8 Å². The van der Waals surface area contributed by atoms with Crippen molar-refractivity contribution >= 4 is 23.4 Å². The number of nitrogens with zero attached hydrogens (tertiary/aromatic N) is 3. The third-order valence-electron chi connectivity index (χ3n) is 7.82. The van der Waals surface area contributed by atoms with Crippen molar-refractivity contribution in [2.24, 2.45) is 0 Å². The van der Waals surface area contributed by atoms with Gasteiger partial charge in [-0.2, -0.15) is 0 Å². The molecule has 2 atom stereocenters. The van der Waals surface area contributed by atoms with Crippen LogP contribution in [0, 0.1) is 11.6 Å². The normalized spacial score (nSPS) is 18.4. The second-order valence-electron chi connectivity index (χ2n) is 9.98. The molecule has 1 fully saturated rings. The number of hydrogen-bond donors (Lipinski definition) is 0. The second-order valence-corrected chi connectivity index (χ2v) is 10.9. The van der Waals surface area contributed by atoms with E-state index in [0.29, 0.717) is 11.1 Å². The first-order valence-corrected chi connectivity index (χ1v) is 14.2. The van der Waals surface area contributed by atoms with Gasteiger partial charge >= 0.3 is 6.16 Å². The molecule has 2 aliphatic heterocycles. The molecule has 0 bridgehead atoms. The van der Waals surface area contributed by atoms with Crippen LogP contribution in [0.15, 0.2) is 64.9 Å². The van der Waals surface area contributed by atoms with Crippen LogP contribution in [0.5, 0.6) is 5.75 Å². The van der Waals surface area contributed by atoms with Gasteiger partial charge in [0.05, 0.1) is 26.4 Å². The fraction of sp³-hybridized carbons (Fsp3) is 0.233. The predicted octanol–water partition coefficient (Wildman–Crippen LogP) is 4.49. The number of ether oxygens (including phenoxy) is 4. The standard InChI is InChI=1S/C30H23F2N3O7S/c1-39-30(38)42-15-41-27-21(36)8-10-34-26(27)29(37)33-11-12-40-14-22(33)35(34)25-16-4-2-3-5-17(16)28-19(9-13-43-28)23-18(25)6-7-20(31)24(23)32/h2-10,13,22,25H,11-12,14-15H2,1H3. The molecule has 4 heterocycles. The van der Waals surface area contributed by atoms with Crippen LogP contribution in [0.25, 0.3) is 21.6 Å². The van der Waals surface area contributed by atoms with E-state index in [-0.39, 0.29) is 36.8 Å². The number of carbonyl (C=O) groups excluding carboxylic acids is 2. The molecule has 43 heavy (non-hydrogen) atoms. The molecule has 3 aliphatic rings. The number of halogens is 2. The Balaban J connectivity index is 1.49. The maximum atomic E-state index is 15.8. The van der Waals surface area contributed by atoms with Gasteiger partial charge in [0.2, 0.25) is 18.0 Å². The van der Waals surface area contributed by atoms with Crippen LogP contribution < -0.4 is 15.2 Å². The van der Waals surface area contributed by atoms with Gasteiger partial charge in [-0.25, -0.2) is 13.6 Å². The Morgan fingerprint density at radius 1 is 1.07 bits per heavy atom. The highest BCUT2D eigenvalue weighted by molar-refractivity contribution is 7.14. The van der Waals surface area contributed by atoms with Gasteiger partial charge in [-0.1, -0.05) is 30.3 Å². The number of methoxy groups -OCH3 is 1. The Kier molecular flexibility index (Phi) is 6.62. The number of thiophene rings is 1. The van der Waals surface area contributed by atoms with Crippen molar-refractivity contribution in [3.8, 4) is 27.3 Å². The number of amides is 1. The first kappa shape index (κ1) is 27.1. The molecule has 0 radical (unpaired) electrons. The van der Waals surface area contributed by atoms with Crippen molar-refractivity contribution in [2.45, 2.75) is 12.2 Å². The van der Waals surface area contributed by atoms with Crippen molar-refractivity contribution in [3.63, 3.8) is 0 Å². The van der Waals surface area contributed by atoms with Crippen LogP contribution >= 0.6 is 11.3 Å². The highest BCUT2D eigenvalue weighted by Crippen LogP contribution is 2.51. The summed E-state index contributed by atoms with van der Waals surface area (Å²) >= 11 is 1.42. The Labute approximate surface area is 247 Å². The second kappa shape index (κ2) is 10.5. The molecule has 0 saturated carbocycles. The van der Waals surface area contributed by atoms with Crippen LogP contribution in [-0.2, 0) is 14.2 Å². The monoisotopic (exact) mass is 607 g/mol. The van der Waals surface area contributed by atoms with E-state index in [0.717, 1.165) is 29.2 Å². The quantitative estimate of drug-likeness (QED) is 0.247. The lowest BCUT2D eigenvalue weighted by molar-refractivity contribution is -0.0208. The van der Waals surface area contributed by atoms with Gasteiger partial charge in [0.1, 0.15) is 6.17 Å². The van der Waals surface area contributed by atoms with E-state index in [1.165, 1.54) is 28.3 Å². The van der Waals surface area contributed by atoms with Crippen LogP contribution in [0.4, 0.5) is 13.6 Å². The first-order chi connectivity index (χ1) is 20.9. The molecule has 0 spiro atoms. The molecule has 7 rings (SSSR count). The Bertz CT molecular complexity index is 1840. The van der Waals surface area contributed by atoms with Crippen molar-refractivity contribution < 1.29 is 37.3 Å². The smallest absolute Gasteiger partial charge is 0.451 e. The molecular formula is C30H23F2N3O7S. The molecule has 10 nitrogen and oxygen atoms in total. The lowest BCUT2D eigenvalue weighted by atomic mass is 9.92. The molecule has 2 aromatic heterocycles. The first-order valence-electron chi connectivity index (χ1n) is 13.3. The van der Waals surface area contributed by atoms with Gasteiger partial charge in [-0.15, -0.1) is 11.3 Å². The number of carbonyl (C=O) groups is 2. The van der Waals surface area contributed by atoms with Gasteiger partial charge in [0.25, 0.3) is 5.91 Å². The summed E-state index contributed by atoms with van der Waals surface area (Å²) < 4.78 is 52.8. The average molecular weight is 608 g/mol. The Hall–Kier alpha value is -4.75. The van der Waals surface area contributed by atoms with Crippen LogP contribution in [0.2, 0.25) is 0 Å². The van der Waals surface area contributed by atoms with Gasteiger partial charge in [0, 0.05) is 34.8 Å². The SMILES string of the molecule is COC(=O)OCOc1c2n(ccc1=O)N(C1c3ccccc3-c3sccc3-c3c1ccc(F)c3F)C1COCCN1C2=O. The minimum atomic E-state index is -1.03. The summed E-state index contributed by atoms with van der Waals surface area (Å²) in [6.07, 6.45) is -0.275. The highest BCUT2D eigenvalue weighted by Gasteiger charge is 2.47. The third-order valence-corrected chi connectivity index (χ3v) is 8.77. The highest BCUT2D eigenvalue weighted by atomic mass is 32.1. The number of benzene rings is 2. The van der Waals surface area contributed by atoms with E-state index in [2.05, 4.69) is 4.74 Å². The Morgan fingerprint density at radius 3 is 2.74 bits per heavy atom. The number of rotatable bonds is 4. The topological polar surface area (TPSA) is 99.5 Å². The summed E-state index contributed by atoms with van der Waals surface area (Å²) in [7, 11) is 1.12. The van der Waals surface area contributed by atoms with Gasteiger partial charge < -0.3 is 23.8 Å². The zero-order valence-corrected chi connectivity index (χ0v) is 23.4. The largest absolute Gasteiger partial charge is 0.510 e. The number of aromatic nitrogens is 1. The van der Waals surface area contributed by atoms with Crippen molar-refractivity contribution in [3.05, 3.63) is 98.8 Å². The fourth-order valence-electron chi connectivity index (χ4n) is 6.03. The summed E-state index contributed by atoms with van der Waals surface area (Å²) in [6.45, 7) is -0.117. The van der Waals surface area contributed by atoms with Crippen LogP contribution in [0.3, 0.4) is 0 Å². The molecule has 2 aromatic carbocycles. The molecular weight excluding hydrogens is 584 g/mol. The average Bonchev–Trinajstić information content (AvgIpc) is 3.47. The molecule has 1 aliphatic carbocycles. The van der Waals surface area contributed by atoms with Crippen LogP contribution in [0.1, 0.15) is 27.7 Å². The summed E-state index contributed by atoms with van der Waals surface area (Å²) in [4.78, 5) is 40.9. The number of fused-ring (bicyclic) bond motifs is 7. The summed E-state index contributed by atoms with van der Waals surface area (Å²) in [5.41, 5.74) is 2.00. The summed E-state index contributed by atoms with van der Waals surface area (Å²) in [6, 6.07) is 12.4. The zero-order chi connectivity index (χ0) is 29.8. The number of hydrogen-bond acceptors (Lipinski definition) is 9. The molecule has 2 unspecified atom stereocenters. The minimum absolute atomic E-state index is 0.110. The van der Waals surface area contributed by atoms with Crippen LogP contribution in [-0.4, -0.2) is 61.5 Å². The Morgan fingerprint density at radius 2 is 1.91 bits per heavy atom. The number of morpholine rings is 1. The minimum Gasteiger partial charge on any atom is -0.451 e. The van der Waals surface area contributed by atoms with Gasteiger partial charge in [-0.3, -0.25) is 19.3 Å². The lowest BCUT2D eigenvalue weighted by Gasteiger charge is -2.51. The molecule has 13 heteroatoms. The van der Waals surface area contributed by atoms with E-state index in [1.54, 1.807) is 17.0 Å². The molecule has 220 valence electrons. The molecule has 4 aromatic rings. The molecule has 1 amide bonds. The number of pyridine rings is 1. The van der Waals surface area contributed by atoms with E-state index in [4.69, 9.17) is 14.2 Å². The third kappa shape index (κ3) is 4.18. The van der Waals surface area contributed by atoms with Gasteiger partial charge in [-0.05, 0) is 34.2 Å².